The lowest BCUT2D eigenvalue weighted by molar-refractivity contribution is 0.809. The molecule has 0 bridgehead atoms. The lowest BCUT2D eigenvalue weighted by Crippen LogP contribution is -2.23. The number of aromatic nitrogens is 1. The zero-order chi connectivity index (χ0) is 13.1. The average Bonchev–Trinajstić information content (AvgIpc) is 2.40. The van der Waals surface area contributed by atoms with E-state index in [1.54, 1.807) is 4.57 Å². The molecule has 2 rings (SSSR count). The van der Waals surface area contributed by atoms with Crippen LogP contribution >= 0.6 is 0 Å². The van der Waals surface area contributed by atoms with E-state index in [1.165, 1.54) is 10.9 Å². The predicted octanol–water partition coefficient (Wildman–Crippen LogP) is 3.44. The van der Waals surface area contributed by atoms with Gasteiger partial charge in [-0.1, -0.05) is 44.9 Å². The molecule has 0 N–H and O–H groups in total. The fourth-order valence-electron chi connectivity index (χ4n) is 2.67. The van der Waals surface area contributed by atoms with Crippen LogP contribution in [0.5, 0.6) is 0 Å². The summed E-state index contributed by atoms with van der Waals surface area (Å²) in [6, 6.07) is 8.23. The van der Waals surface area contributed by atoms with E-state index in [4.69, 9.17) is 0 Å². The lowest BCUT2D eigenvalue weighted by atomic mass is 9.96. The van der Waals surface area contributed by atoms with Crippen LogP contribution in [0.2, 0.25) is 0 Å². The van der Waals surface area contributed by atoms with Gasteiger partial charge in [-0.25, -0.2) is 0 Å². The van der Waals surface area contributed by atoms with Gasteiger partial charge >= 0.3 is 0 Å². The summed E-state index contributed by atoms with van der Waals surface area (Å²) in [5, 5.41) is 1.24. The van der Waals surface area contributed by atoms with Crippen LogP contribution in [-0.4, -0.2) is 4.57 Å². The van der Waals surface area contributed by atoms with Crippen molar-refractivity contribution < 1.29 is 0 Å². The molecule has 1 aromatic carbocycles. The van der Waals surface area contributed by atoms with Gasteiger partial charge in [-0.15, -0.1) is 0 Å². The third-order valence-electron chi connectivity index (χ3n) is 3.52. The first-order valence-corrected chi connectivity index (χ1v) is 6.80. The summed E-state index contributed by atoms with van der Waals surface area (Å²) in [4.78, 5) is 12.4. The smallest absolute Gasteiger partial charge is 0.254 e. The number of para-hydroxylation sites is 1. The molecular weight excluding hydrogens is 222 g/mol. The van der Waals surface area contributed by atoms with E-state index in [0.717, 1.165) is 36.8 Å². The van der Waals surface area contributed by atoms with Crippen molar-refractivity contribution in [2.75, 3.05) is 0 Å². The number of hydrogen-bond acceptors (Lipinski definition) is 1. The van der Waals surface area contributed by atoms with Crippen molar-refractivity contribution in [2.45, 2.75) is 39.5 Å². The van der Waals surface area contributed by atoms with Crippen LogP contribution in [0.1, 0.15) is 37.8 Å². The molecule has 2 heteroatoms. The van der Waals surface area contributed by atoms with Crippen molar-refractivity contribution in [3.8, 4) is 0 Å². The summed E-state index contributed by atoms with van der Waals surface area (Å²) < 4.78 is 1.79. The first-order chi connectivity index (χ1) is 8.70. The van der Waals surface area contributed by atoms with Crippen LogP contribution in [0.25, 0.3) is 10.9 Å². The van der Waals surface area contributed by atoms with Crippen molar-refractivity contribution in [1.29, 1.82) is 0 Å². The van der Waals surface area contributed by atoms with E-state index in [0.29, 0.717) is 0 Å². The quantitative estimate of drug-likeness (QED) is 0.806. The van der Waals surface area contributed by atoms with E-state index < -0.39 is 0 Å². The molecule has 0 amide bonds. The molecule has 0 aliphatic rings. The van der Waals surface area contributed by atoms with Crippen molar-refractivity contribution in [2.24, 2.45) is 7.05 Å². The molecule has 0 atom stereocenters. The van der Waals surface area contributed by atoms with Crippen LogP contribution < -0.4 is 5.56 Å². The van der Waals surface area contributed by atoms with Gasteiger partial charge in [-0.05, 0) is 24.5 Å². The van der Waals surface area contributed by atoms with Crippen molar-refractivity contribution in [1.82, 2.24) is 4.57 Å². The van der Waals surface area contributed by atoms with Gasteiger partial charge in [0.1, 0.15) is 0 Å². The third-order valence-corrected chi connectivity index (χ3v) is 3.52. The molecular formula is C16H21NO. The minimum atomic E-state index is 0.180. The second-order valence-electron chi connectivity index (χ2n) is 4.84. The molecule has 1 heterocycles. The van der Waals surface area contributed by atoms with Crippen LogP contribution in [0.3, 0.4) is 0 Å². The van der Waals surface area contributed by atoms with Gasteiger partial charge in [0.25, 0.3) is 5.56 Å². The second kappa shape index (κ2) is 5.38. The van der Waals surface area contributed by atoms with Gasteiger partial charge in [0, 0.05) is 18.0 Å². The highest BCUT2D eigenvalue weighted by atomic mass is 16.1. The Kier molecular flexibility index (Phi) is 3.85. The monoisotopic (exact) mass is 243 g/mol. The Morgan fingerprint density at radius 1 is 1.00 bits per heavy atom. The predicted molar refractivity (Wildman–Crippen MR) is 77.2 cm³/mol. The fraction of sp³-hybridized carbons (Fsp3) is 0.438. The van der Waals surface area contributed by atoms with Gasteiger partial charge in [-0.2, -0.15) is 0 Å². The molecule has 0 spiro atoms. The van der Waals surface area contributed by atoms with Gasteiger partial charge in [0.15, 0.2) is 0 Å². The van der Waals surface area contributed by atoms with Gasteiger partial charge in [0.2, 0.25) is 0 Å². The van der Waals surface area contributed by atoms with Crippen LogP contribution in [0.4, 0.5) is 0 Å². The minimum Gasteiger partial charge on any atom is -0.311 e. The summed E-state index contributed by atoms with van der Waals surface area (Å²) in [5.41, 5.74) is 3.50. The molecule has 0 saturated carbocycles. The number of aryl methyl sites for hydroxylation is 2. The molecule has 96 valence electrons. The number of nitrogens with zero attached hydrogens (tertiary/aromatic N) is 1. The Bertz CT molecular complexity index is 610. The molecule has 0 unspecified atom stereocenters. The average molecular weight is 243 g/mol. The molecule has 18 heavy (non-hydrogen) atoms. The molecule has 0 fully saturated rings. The number of hydrogen-bond donors (Lipinski definition) is 0. The first-order valence-electron chi connectivity index (χ1n) is 6.80. The van der Waals surface area contributed by atoms with Gasteiger partial charge < -0.3 is 4.57 Å². The third kappa shape index (κ3) is 2.07. The maximum absolute atomic E-state index is 12.4. The largest absolute Gasteiger partial charge is 0.311 e. The SMILES string of the molecule is CCCc1c(CCC)c2ccccc2n(C)c1=O. The number of benzene rings is 1. The van der Waals surface area contributed by atoms with E-state index in [2.05, 4.69) is 26.0 Å². The number of rotatable bonds is 4. The molecule has 0 aliphatic carbocycles. The zero-order valence-corrected chi connectivity index (χ0v) is 11.5. The van der Waals surface area contributed by atoms with E-state index >= 15 is 0 Å². The topological polar surface area (TPSA) is 22.0 Å². The fourth-order valence-corrected chi connectivity index (χ4v) is 2.67. The first kappa shape index (κ1) is 12.9. The van der Waals surface area contributed by atoms with E-state index in [1.807, 2.05) is 19.2 Å². The Morgan fingerprint density at radius 3 is 2.28 bits per heavy atom. The summed E-state index contributed by atoms with van der Waals surface area (Å²) in [7, 11) is 1.87. The van der Waals surface area contributed by atoms with Gasteiger partial charge in [0.05, 0.1) is 5.52 Å². The minimum absolute atomic E-state index is 0.180. The Morgan fingerprint density at radius 2 is 1.61 bits per heavy atom. The van der Waals surface area contributed by atoms with Crippen LogP contribution in [0, 0.1) is 0 Å². The van der Waals surface area contributed by atoms with Crippen molar-refractivity contribution >= 4 is 10.9 Å². The highest BCUT2D eigenvalue weighted by Gasteiger charge is 2.13. The Hall–Kier alpha value is -1.57. The highest BCUT2D eigenvalue weighted by molar-refractivity contribution is 5.83. The summed E-state index contributed by atoms with van der Waals surface area (Å²) in [5.74, 6) is 0. The molecule has 2 nitrogen and oxygen atoms in total. The molecule has 0 aliphatic heterocycles. The van der Waals surface area contributed by atoms with Crippen molar-refractivity contribution in [3.05, 3.63) is 45.7 Å². The molecule has 1 aromatic heterocycles. The normalized spacial score (nSPS) is 11.1. The van der Waals surface area contributed by atoms with Crippen LogP contribution in [0.15, 0.2) is 29.1 Å². The standard InChI is InChI=1S/C16H21NO/c1-4-8-12-13-10-6-7-11-15(13)17(3)16(18)14(12)9-5-2/h6-7,10-11H,4-5,8-9H2,1-3H3. The highest BCUT2D eigenvalue weighted by Crippen LogP contribution is 2.21. The molecule has 0 saturated heterocycles. The summed E-state index contributed by atoms with van der Waals surface area (Å²) in [6.07, 6.45) is 3.97. The maximum atomic E-state index is 12.4. The van der Waals surface area contributed by atoms with E-state index in [9.17, 15) is 4.79 Å². The van der Waals surface area contributed by atoms with Gasteiger partial charge in [-0.3, -0.25) is 4.79 Å². The lowest BCUT2D eigenvalue weighted by Gasteiger charge is -2.14. The maximum Gasteiger partial charge on any atom is 0.254 e. The second-order valence-corrected chi connectivity index (χ2v) is 4.84. The Balaban J connectivity index is 2.84. The van der Waals surface area contributed by atoms with E-state index in [-0.39, 0.29) is 5.56 Å². The summed E-state index contributed by atoms with van der Waals surface area (Å²) >= 11 is 0. The number of fused-ring (bicyclic) bond motifs is 1. The molecule has 2 aromatic rings. The Labute approximate surface area is 108 Å². The molecule has 0 radical (unpaired) electrons. The number of pyridine rings is 1. The zero-order valence-electron chi connectivity index (χ0n) is 11.5. The van der Waals surface area contributed by atoms with Crippen molar-refractivity contribution in [3.63, 3.8) is 0 Å². The summed E-state index contributed by atoms with van der Waals surface area (Å²) in [6.45, 7) is 4.30. The van der Waals surface area contributed by atoms with Crippen LogP contribution in [-0.2, 0) is 19.9 Å².